The first-order chi connectivity index (χ1) is 7.53. The molecule has 0 unspecified atom stereocenters. The quantitative estimate of drug-likeness (QED) is 0.540. The summed E-state index contributed by atoms with van der Waals surface area (Å²) in [4.78, 5) is 34.7. The van der Waals surface area contributed by atoms with Crippen LogP contribution >= 0.6 is 0 Å². The molecule has 1 aliphatic rings. The third-order valence-electron chi connectivity index (χ3n) is 3.27. The van der Waals surface area contributed by atoms with Crippen LogP contribution in [-0.4, -0.2) is 24.6 Å². The van der Waals surface area contributed by atoms with Gasteiger partial charge < -0.3 is 9.53 Å². The monoisotopic (exact) mass is 226 g/mol. The Kier molecular flexibility index (Phi) is 4.21. The minimum Gasteiger partial charge on any atom is -0.468 e. The Morgan fingerprint density at radius 1 is 1.38 bits per heavy atom. The number of ketones is 2. The number of hydrogen-bond donors (Lipinski definition) is 0. The molecule has 1 fully saturated rings. The van der Waals surface area contributed by atoms with Gasteiger partial charge in [0.2, 0.25) is 0 Å². The van der Waals surface area contributed by atoms with Gasteiger partial charge >= 0.3 is 5.97 Å². The van der Waals surface area contributed by atoms with E-state index < -0.39 is 11.4 Å². The second-order valence-corrected chi connectivity index (χ2v) is 4.41. The Hall–Kier alpha value is -1.19. The number of hydrogen-bond acceptors (Lipinski definition) is 4. The van der Waals surface area contributed by atoms with E-state index in [0.29, 0.717) is 19.3 Å². The van der Waals surface area contributed by atoms with Gasteiger partial charge in [0.1, 0.15) is 17.0 Å². The first-order valence-electron chi connectivity index (χ1n) is 5.64. The van der Waals surface area contributed by atoms with E-state index in [4.69, 9.17) is 4.74 Å². The highest BCUT2D eigenvalue weighted by Crippen LogP contribution is 2.38. The summed E-state index contributed by atoms with van der Waals surface area (Å²) >= 11 is 0. The first kappa shape index (κ1) is 12.9. The van der Waals surface area contributed by atoms with Crippen LogP contribution in [0.15, 0.2) is 0 Å². The van der Waals surface area contributed by atoms with E-state index in [1.54, 1.807) is 0 Å². The van der Waals surface area contributed by atoms with Crippen molar-refractivity contribution in [3.8, 4) is 0 Å². The van der Waals surface area contributed by atoms with Crippen molar-refractivity contribution in [1.82, 2.24) is 0 Å². The molecule has 1 aliphatic carbocycles. The third-order valence-corrected chi connectivity index (χ3v) is 3.27. The average Bonchev–Trinajstić information content (AvgIpc) is 2.27. The Bertz CT molecular complexity index is 298. The van der Waals surface area contributed by atoms with Crippen molar-refractivity contribution in [2.24, 2.45) is 5.41 Å². The highest BCUT2D eigenvalue weighted by molar-refractivity contribution is 6.04. The molecular weight excluding hydrogens is 208 g/mol. The first-order valence-corrected chi connectivity index (χ1v) is 5.64. The summed E-state index contributed by atoms with van der Waals surface area (Å²) < 4.78 is 4.72. The zero-order valence-electron chi connectivity index (χ0n) is 9.88. The maximum absolute atomic E-state index is 11.9. The van der Waals surface area contributed by atoms with E-state index in [2.05, 4.69) is 0 Å². The van der Waals surface area contributed by atoms with Gasteiger partial charge in [-0.1, -0.05) is 6.42 Å². The van der Waals surface area contributed by atoms with Crippen LogP contribution in [0, 0.1) is 5.41 Å². The normalized spacial score (nSPS) is 25.2. The molecule has 0 bridgehead atoms. The lowest BCUT2D eigenvalue weighted by Gasteiger charge is -2.32. The highest BCUT2D eigenvalue weighted by Gasteiger charge is 2.47. The molecule has 4 heteroatoms. The molecule has 0 heterocycles. The van der Waals surface area contributed by atoms with Crippen molar-refractivity contribution in [3.05, 3.63) is 0 Å². The number of ether oxygens (including phenoxy) is 1. The zero-order valence-corrected chi connectivity index (χ0v) is 9.88. The molecule has 0 aliphatic heterocycles. The molecule has 0 spiro atoms. The molecule has 0 saturated heterocycles. The summed E-state index contributed by atoms with van der Waals surface area (Å²) in [5, 5.41) is 0. The van der Waals surface area contributed by atoms with Gasteiger partial charge in [0.05, 0.1) is 7.11 Å². The predicted molar refractivity (Wildman–Crippen MR) is 57.8 cm³/mol. The Labute approximate surface area is 95.3 Å². The topological polar surface area (TPSA) is 60.4 Å². The second kappa shape index (κ2) is 5.23. The fourth-order valence-corrected chi connectivity index (χ4v) is 2.26. The van der Waals surface area contributed by atoms with E-state index in [0.717, 1.165) is 12.8 Å². The summed E-state index contributed by atoms with van der Waals surface area (Å²) in [5.41, 5.74) is -1.04. The maximum atomic E-state index is 11.9. The van der Waals surface area contributed by atoms with E-state index in [1.165, 1.54) is 14.0 Å². The highest BCUT2D eigenvalue weighted by atomic mass is 16.5. The van der Waals surface area contributed by atoms with Crippen molar-refractivity contribution >= 4 is 17.5 Å². The second-order valence-electron chi connectivity index (χ2n) is 4.41. The number of carbonyl (C=O) groups is 3. The standard InChI is InChI=1S/C12H18O4/c1-9(13)6-8-12(11(15)16-2)7-4-3-5-10(12)14/h3-8H2,1-2H3/t12-/m1/s1. The van der Waals surface area contributed by atoms with Gasteiger partial charge in [-0.15, -0.1) is 0 Å². The van der Waals surface area contributed by atoms with E-state index in [9.17, 15) is 14.4 Å². The number of carbonyl (C=O) groups excluding carboxylic acids is 3. The molecule has 0 aromatic carbocycles. The fraction of sp³-hybridized carbons (Fsp3) is 0.750. The molecule has 1 rings (SSSR count). The van der Waals surface area contributed by atoms with Crippen LogP contribution in [0.1, 0.15) is 45.4 Å². The summed E-state index contributed by atoms with van der Waals surface area (Å²) in [6.45, 7) is 1.47. The SMILES string of the molecule is COC(=O)[C@@]1(CCC(C)=O)CCCCC1=O. The van der Waals surface area contributed by atoms with Crippen molar-refractivity contribution in [2.75, 3.05) is 7.11 Å². The molecule has 1 saturated carbocycles. The maximum Gasteiger partial charge on any atom is 0.319 e. The third kappa shape index (κ3) is 2.49. The van der Waals surface area contributed by atoms with Crippen molar-refractivity contribution < 1.29 is 19.1 Å². The molecule has 0 amide bonds. The molecule has 4 nitrogen and oxygen atoms in total. The van der Waals surface area contributed by atoms with E-state index in [-0.39, 0.29) is 18.0 Å². The lowest BCUT2D eigenvalue weighted by molar-refractivity contribution is -0.160. The Balaban J connectivity index is 2.86. The molecule has 0 radical (unpaired) electrons. The van der Waals surface area contributed by atoms with Gasteiger partial charge in [-0.3, -0.25) is 9.59 Å². The lowest BCUT2D eigenvalue weighted by atomic mass is 9.70. The van der Waals surface area contributed by atoms with Gasteiger partial charge in [-0.05, 0) is 26.2 Å². The lowest BCUT2D eigenvalue weighted by Crippen LogP contribution is -2.42. The summed E-state index contributed by atoms with van der Waals surface area (Å²) in [5.74, 6) is -0.535. The summed E-state index contributed by atoms with van der Waals surface area (Å²) in [7, 11) is 1.29. The van der Waals surface area contributed by atoms with Crippen molar-refractivity contribution in [1.29, 1.82) is 0 Å². The van der Waals surface area contributed by atoms with Crippen LogP contribution in [0.2, 0.25) is 0 Å². The minimum absolute atomic E-state index is 0.00153. The number of esters is 1. The van der Waals surface area contributed by atoms with Gasteiger partial charge in [0, 0.05) is 12.8 Å². The van der Waals surface area contributed by atoms with Crippen LogP contribution in [0.4, 0.5) is 0 Å². The molecular formula is C12H18O4. The van der Waals surface area contributed by atoms with Crippen LogP contribution in [0.3, 0.4) is 0 Å². The molecule has 0 aromatic rings. The largest absolute Gasteiger partial charge is 0.468 e. The van der Waals surface area contributed by atoms with Gasteiger partial charge in [-0.2, -0.15) is 0 Å². The molecule has 90 valence electrons. The van der Waals surface area contributed by atoms with E-state index >= 15 is 0 Å². The summed E-state index contributed by atoms with van der Waals surface area (Å²) in [6.07, 6.45) is 3.18. The zero-order chi connectivity index (χ0) is 12.2. The summed E-state index contributed by atoms with van der Waals surface area (Å²) in [6, 6.07) is 0. The molecule has 0 N–H and O–H groups in total. The molecule has 16 heavy (non-hydrogen) atoms. The molecule has 0 aromatic heterocycles. The van der Waals surface area contributed by atoms with Crippen LogP contribution in [0.25, 0.3) is 0 Å². The molecule has 1 atom stereocenters. The average molecular weight is 226 g/mol. The number of Topliss-reactive ketones (excluding diaryl/α,β-unsaturated/α-hetero) is 2. The van der Waals surface area contributed by atoms with Crippen LogP contribution in [0.5, 0.6) is 0 Å². The number of methoxy groups -OCH3 is 1. The van der Waals surface area contributed by atoms with Gasteiger partial charge in [0.15, 0.2) is 0 Å². The van der Waals surface area contributed by atoms with Crippen LogP contribution in [-0.2, 0) is 19.1 Å². The number of rotatable bonds is 4. The van der Waals surface area contributed by atoms with Gasteiger partial charge in [0.25, 0.3) is 0 Å². The van der Waals surface area contributed by atoms with Crippen LogP contribution < -0.4 is 0 Å². The minimum atomic E-state index is -1.04. The smallest absolute Gasteiger partial charge is 0.319 e. The predicted octanol–water partition coefficient (Wildman–Crippen LogP) is 1.66. The van der Waals surface area contributed by atoms with Crippen molar-refractivity contribution in [2.45, 2.75) is 45.4 Å². The van der Waals surface area contributed by atoms with E-state index in [1.807, 2.05) is 0 Å². The van der Waals surface area contributed by atoms with Crippen molar-refractivity contribution in [3.63, 3.8) is 0 Å². The van der Waals surface area contributed by atoms with Gasteiger partial charge in [-0.25, -0.2) is 0 Å². The Morgan fingerprint density at radius 3 is 2.56 bits per heavy atom. The fourth-order valence-electron chi connectivity index (χ4n) is 2.26. The Morgan fingerprint density at radius 2 is 2.06 bits per heavy atom.